The molecule has 10 nitrogen and oxygen atoms in total. The van der Waals surface area contributed by atoms with Crippen LogP contribution in [0.15, 0.2) is 59.3 Å². The fourth-order valence-electron chi connectivity index (χ4n) is 4.47. The van der Waals surface area contributed by atoms with Crippen LogP contribution in [0.25, 0.3) is 26.4 Å². The fourth-order valence-corrected chi connectivity index (χ4v) is 5.51. The zero-order valence-corrected chi connectivity index (χ0v) is 24.3. The lowest BCUT2D eigenvalue weighted by molar-refractivity contribution is -0.298. The van der Waals surface area contributed by atoms with Crippen molar-refractivity contribution in [2.75, 3.05) is 50.0 Å². The Hall–Kier alpha value is -4.35. The number of benzene rings is 2. The van der Waals surface area contributed by atoms with Crippen molar-refractivity contribution in [3.8, 4) is 17.0 Å². The summed E-state index contributed by atoms with van der Waals surface area (Å²) in [6, 6.07) is 11.2. The predicted octanol–water partition coefficient (Wildman–Crippen LogP) is 6.94. The molecule has 2 aromatic carbocycles. The number of amides is 2. The Bertz CT molecular complexity index is 1980. The number of hydrogen-bond donors (Lipinski definition) is 2. The van der Waals surface area contributed by atoms with E-state index in [-0.39, 0.29) is 25.8 Å². The Balaban J connectivity index is 1.07. The molecule has 1 fully saturated rings. The predicted molar refractivity (Wildman–Crippen MR) is 157 cm³/mol. The maximum absolute atomic E-state index is 13.3. The second-order valence-corrected chi connectivity index (χ2v) is 11.2. The molecular weight excluding hydrogens is 642 g/mol. The lowest BCUT2D eigenvalue weighted by Gasteiger charge is -2.31. The summed E-state index contributed by atoms with van der Waals surface area (Å²) in [5.41, 5.74) is -3.36. The van der Waals surface area contributed by atoms with Gasteiger partial charge >= 0.3 is 18.4 Å². The second kappa shape index (κ2) is 12.1. The molecule has 4 atom stereocenters. The Labute approximate surface area is 266 Å². The zero-order valence-electron chi connectivity index (χ0n) is 27.5. The highest BCUT2D eigenvalue weighted by atomic mass is 32.1. The summed E-state index contributed by atoms with van der Waals surface area (Å²) in [7, 11) is 0. The van der Waals surface area contributed by atoms with E-state index in [0.29, 0.717) is 28.0 Å². The van der Waals surface area contributed by atoms with Gasteiger partial charge in [-0.3, -0.25) is 14.6 Å². The number of imidazole rings is 1. The van der Waals surface area contributed by atoms with Gasteiger partial charge in [0, 0.05) is 45.8 Å². The molecule has 244 valence electrons. The Kier molecular flexibility index (Phi) is 7.06. The average molecular weight is 673 g/mol. The Morgan fingerprint density at radius 1 is 1.04 bits per heavy atom. The van der Waals surface area contributed by atoms with Crippen molar-refractivity contribution in [3.63, 3.8) is 0 Å². The lowest BCUT2D eigenvalue weighted by Crippen LogP contribution is -2.51. The van der Waals surface area contributed by atoms with Crippen molar-refractivity contribution < 1.29 is 50.6 Å². The average Bonchev–Trinajstić information content (AvgIpc) is 3.76. The Morgan fingerprint density at radius 2 is 1.76 bits per heavy atom. The van der Waals surface area contributed by atoms with E-state index in [9.17, 15) is 31.1 Å². The smallest absolute Gasteiger partial charge is 0.408 e. The first-order valence-corrected chi connectivity index (χ1v) is 14.2. The number of anilines is 2. The summed E-state index contributed by atoms with van der Waals surface area (Å²) >= 11 is 1.40. The number of alkyl halides is 6. The molecule has 2 N–H and O–H groups in total. The number of aromatic nitrogens is 3. The van der Waals surface area contributed by atoms with Gasteiger partial charge in [0.1, 0.15) is 18.1 Å². The maximum atomic E-state index is 13.3. The summed E-state index contributed by atoms with van der Waals surface area (Å²) in [6.45, 7) is -4.44. The van der Waals surface area contributed by atoms with Crippen molar-refractivity contribution in [2.45, 2.75) is 24.7 Å². The lowest BCUT2D eigenvalue weighted by atomic mass is 9.85. The van der Waals surface area contributed by atoms with E-state index < -0.39 is 61.6 Å². The van der Waals surface area contributed by atoms with Gasteiger partial charge in [-0.15, -0.1) is 0 Å². The summed E-state index contributed by atoms with van der Waals surface area (Å²) < 4.78 is 130. The van der Waals surface area contributed by atoms with Gasteiger partial charge in [0.25, 0.3) is 0 Å². The molecule has 6 rings (SSSR count). The number of urea groups is 1. The number of morpholine rings is 1. The van der Waals surface area contributed by atoms with Crippen molar-refractivity contribution in [1.29, 1.82) is 0 Å². The number of fused-ring (bicyclic) bond motifs is 3. The monoisotopic (exact) mass is 672 g/mol. The second-order valence-electron chi connectivity index (χ2n) is 10.2. The van der Waals surface area contributed by atoms with E-state index in [0.717, 1.165) is 10.2 Å². The standard InChI is InChI=1S/C29H26F6N6O4S/c1-27(28(30,31)32,29(33,34)35)23-15-24(45-39-23)38-25(42)36-18-4-2-17(3-5-18)20-16-41-21-7-6-19(14-22(21)46-26(41)37-20)44-13-10-40-8-11-43-12-9-40/h2-7,14-16H,8-13H2,1H3,(H2,36,38,42)/i8D,9D,11D,12D. The van der Waals surface area contributed by atoms with Gasteiger partial charge < -0.3 is 19.3 Å². The van der Waals surface area contributed by atoms with E-state index in [2.05, 4.69) is 20.0 Å². The highest BCUT2D eigenvalue weighted by Crippen LogP contribution is 2.51. The number of nitrogens with one attached hydrogen (secondary N) is 2. The number of nitrogens with zero attached hydrogens (tertiary/aromatic N) is 4. The highest BCUT2D eigenvalue weighted by Gasteiger charge is 2.70. The first kappa shape index (κ1) is 26.8. The third kappa shape index (κ3) is 6.21. The first-order valence-electron chi connectivity index (χ1n) is 15.7. The minimum Gasteiger partial charge on any atom is -0.492 e. The number of carbonyl (C=O) groups excluding carboxylic acids is 1. The molecule has 5 aromatic rings. The third-order valence-electron chi connectivity index (χ3n) is 7.18. The van der Waals surface area contributed by atoms with Crippen LogP contribution in [0.5, 0.6) is 5.75 Å². The normalized spacial score (nSPS) is 22.7. The summed E-state index contributed by atoms with van der Waals surface area (Å²) in [4.78, 5) is 19.1. The number of carbonyl (C=O) groups is 1. The van der Waals surface area contributed by atoms with Gasteiger partial charge in [-0.25, -0.2) is 9.78 Å². The molecule has 1 aliphatic heterocycles. The van der Waals surface area contributed by atoms with Gasteiger partial charge in [-0.05, 0) is 37.3 Å². The molecule has 4 heterocycles. The van der Waals surface area contributed by atoms with Gasteiger partial charge in [0.05, 0.1) is 31.8 Å². The van der Waals surface area contributed by atoms with Crippen molar-refractivity contribution >= 4 is 44.1 Å². The van der Waals surface area contributed by atoms with Crippen LogP contribution in [0.1, 0.15) is 18.1 Å². The van der Waals surface area contributed by atoms with E-state index >= 15 is 0 Å². The van der Waals surface area contributed by atoms with E-state index in [1.54, 1.807) is 18.2 Å². The molecule has 0 bridgehead atoms. The molecule has 17 heteroatoms. The number of thiazole rings is 1. The summed E-state index contributed by atoms with van der Waals surface area (Å²) in [5.74, 6) is -0.165. The topological polar surface area (TPSA) is 106 Å². The van der Waals surface area contributed by atoms with Crippen LogP contribution < -0.4 is 15.4 Å². The van der Waals surface area contributed by atoms with Crippen LogP contribution in [0.2, 0.25) is 0 Å². The third-order valence-corrected chi connectivity index (χ3v) is 8.19. The van der Waals surface area contributed by atoms with Crippen molar-refractivity contribution in [1.82, 2.24) is 19.4 Å². The van der Waals surface area contributed by atoms with Crippen LogP contribution >= 0.6 is 11.3 Å². The SMILES string of the molecule is [2H]C1OC([2H])C([2H])N(CCOc2ccc3c(c2)sc2nc(-c4ccc(NC(=O)Nc5cc(C(C)(C(F)(F)F)C(F)(F)F)no5)cc4)cn23)C1[2H]. The van der Waals surface area contributed by atoms with E-state index in [1.807, 2.05) is 28.0 Å². The molecule has 0 radical (unpaired) electrons. The van der Waals surface area contributed by atoms with Crippen molar-refractivity contribution in [2.24, 2.45) is 0 Å². The van der Waals surface area contributed by atoms with Gasteiger partial charge in [-0.1, -0.05) is 28.6 Å². The highest BCUT2D eigenvalue weighted by molar-refractivity contribution is 7.23. The molecule has 3 aromatic heterocycles. The van der Waals surface area contributed by atoms with Gasteiger partial charge in [0.2, 0.25) is 11.3 Å². The Morgan fingerprint density at radius 3 is 2.46 bits per heavy atom. The minimum absolute atomic E-state index is 0.0700. The van der Waals surface area contributed by atoms with E-state index in [1.165, 1.54) is 28.4 Å². The van der Waals surface area contributed by atoms with Crippen LogP contribution in [-0.2, 0) is 10.2 Å². The summed E-state index contributed by atoms with van der Waals surface area (Å²) in [5, 5.41) is 7.34. The number of ether oxygens (including phenoxy) is 2. The number of hydrogen-bond acceptors (Lipinski definition) is 8. The van der Waals surface area contributed by atoms with Crippen LogP contribution in [0.4, 0.5) is 42.7 Å². The summed E-state index contributed by atoms with van der Waals surface area (Å²) in [6.07, 6.45) is -9.64. The van der Waals surface area contributed by atoms with Crippen LogP contribution in [0, 0.1) is 0 Å². The minimum atomic E-state index is -5.73. The quantitative estimate of drug-likeness (QED) is 0.172. The van der Waals surface area contributed by atoms with Crippen LogP contribution in [-0.4, -0.2) is 77.2 Å². The molecule has 46 heavy (non-hydrogen) atoms. The molecule has 1 aliphatic rings. The molecule has 0 saturated carbocycles. The van der Waals surface area contributed by atoms with Gasteiger partial charge in [-0.2, -0.15) is 26.3 Å². The maximum Gasteiger partial charge on any atom is 0.408 e. The molecular formula is C29H26F6N6O4S. The largest absolute Gasteiger partial charge is 0.492 e. The number of halogens is 6. The van der Waals surface area contributed by atoms with Gasteiger partial charge in [0.15, 0.2) is 4.96 Å². The first-order chi connectivity index (χ1) is 23.5. The van der Waals surface area contributed by atoms with Crippen LogP contribution in [0.3, 0.4) is 0 Å². The number of rotatable bonds is 8. The zero-order chi connectivity index (χ0) is 36.2. The molecule has 4 unspecified atom stereocenters. The van der Waals surface area contributed by atoms with E-state index in [4.69, 9.17) is 15.0 Å². The molecule has 0 aliphatic carbocycles. The molecule has 1 saturated heterocycles. The fraction of sp³-hybridized carbons (Fsp3) is 0.345. The molecule has 2 amide bonds. The van der Waals surface area contributed by atoms with Crippen molar-refractivity contribution in [3.05, 3.63) is 60.4 Å². The molecule has 0 spiro atoms.